The zero-order valence-corrected chi connectivity index (χ0v) is 8.22. The van der Waals surface area contributed by atoms with Gasteiger partial charge >= 0.3 is 0 Å². The monoisotopic (exact) mass is 224 g/mol. The fraction of sp³-hybridized carbons (Fsp3) is 0.100. The van der Waals surface area contributed by atoms with E-state index in [4.69, 9.17) is 5.73 Å². The van der Waals surface area contributed by atoms with Crippen molar-refractivity contribution >= 4 is 17.7 Å². The first-order valence-electron chi connectivity index (χ1n) is 4.39. The van der Waals surface area contributed by atoms with Crippen LogP contribution in [0.3, 0.4) is 0 Å². The smallest absolute Gasteiger partial charge is 0.279 e. The molecule has 2 N–H and O–H groups in total. The van der Waals surface area contributed by atoms with Crippen LogP contribution in [-0.2, 0) is 4.79 Å². The maximum Gasteiger partial charge on any atom is 0.279 e. The number of nitrogens with two attached hydrogens (primary N) is 1. The Kier molecular flexibility index (Phi) is 3.71. The van der Waals surface area contributed by atoms with Gasteiger partial charge in [0.05, 0.1) is 16.6 Å². The average Bonchev–Trinajstić information content (AvgIpc) is 2.19. The summed E-state index contributed by atoms with van der Waals surface area (Å²) in [5.41, 5.74) is 4.78. The van der Waals surface area contributed by atoms with Gasteiger partial charge in [0, 0.05) is 6.42 Å². The molecule has 0 fully saturated rings. The lowest BCUT2D eigenvalue weighted by Gasteiger charge is -1.97. The third kappa shape index (κ3) is 3.16. The van der Waals surface area contributed by atoms with Crippen LogP contribution in [0.25, 0.3) is 6.08 Å². The average molecular weight is 224 g/mol. The van der Waals surface area contributed by atoms with Crippen LogP contribution in [-0.4, -0.2) is 10.8 Å². The second kappa shape index (κ2) is 5.01. The summed E-state index contributed by atoms with van der Waals surface area (Å²) in [7, 11) is 0. The van der Waals surface area contributed by atoms with Crippen molar-refractivity contribution in [1.82, 2.24) is 0 Å². The Morgan fingerprint density at radius 2 is 2.25 bits per heavy atom. The Morgan fingerprint density at radius 1 is 1.56 bits per heavy atom. The van der Waals surface area contributed by atoms with E-state index in [1.54, 1.807) is 0 Å². The number of halogens is 1. The highest BCUT2D eigenvalue weighted by Gasteiger charge is 2.12. The summed E-state index contributed by atoms with van der Waals surface area (Å²) < 4.78 is 12.8. The van der Waals surface area contributed by atoms with Crippen molar-refractivity contribution in [2.24, 2.45) is 5.73 Å². The number of carbonyl (C=O) groups is 1. The minimum atomic E-state index is -0.687. The molecule has 0 saturated carbocycles. The van der Waals surface area contributed by atoms with E-state index < -0.39 is 16.6 Å². The van der Waals surface area contributed by atoms with Crippen molar-refractivity contribution in [1.29, 1.82) is 0 Å². The summed E-state index contributed by atoms with van der Waals surface area (Å²) >= 11 is 0. The van der Waals surface area contributed by atoms with Crippen molar-refractivity contribution in [3.8, 4) is 0 Å². The molecular formula is C10H9FN2O3. The van der Waals surface area contributed by atoms with Crippen LogP contribution >= 0.6 is 0 Å². The Morgan fingerprint density at radius 3 is 2.81 bits per heavy atom. The van der Waals surface area contributed by atoms with Gasteiger partial charge < -0.3 is 5.73 Å². The summed E-state index contributed by atoms with van der Waals surface area (Å²) in [4.78, 5) is 20.3. The number of benzene rings is 1. The molecule has 0 spiro atoms. The van der Waals surface area contributed by atoms with Crippen LogP contribution in [0.15, 0.2) is 24.3 Å². The molecule has 6 heteroatoms. The van der Waals surface area contributed by atoms with Crippen molar-refractivity contribution in [3.05, 3.63) is 45.8 Å². The van der Waals surface area contributed by atoms with Gasteiger partial charge in [0.25, 0.3) is 5.69 Å². The number of hydrogen-bond donors (Lipinski definition) is 1. The van der Waals surface area contributed by atoms with Crippen molar-refractivity contribution < 1.29 is 14.1 Å². The fourth-order valence-electron chi connectivity index (χ4n) is 1.12. The molecule has 0 aliphatic carbocycles. The second-order valence-electron chi connectivity index (χ2n) is 3.03. The largest absolute Gasteiger partial charge is 0.369 e. The minimum absolute atomic E-state index is 0.0193. The number of primary amides is 1. The molecule has 0 heterocycles. The molecule has 0 aliphatic heterocycles. The number of amides is 1. The first-order chi connectivity index (χ1) is 7.50. The molecule has 1 aromatic carbocycles. The van der Waals surface area contributed by atoms with Gasteiger partial charge in [-0.2, -0.15) is 0 Å². The number of carbonyl (C=O) groups excluding carboxylic acids is 1. The highest BCUT2D eigenvalue weighted by molar-refractivity contribution is 5.77. The van der Waals surface area contributed by atoms with Gasteiger partial charge in [-0.1, -0.05) is 12.2 Å². The van der Waals surface area contributed by atoms with E-state index in [0.29, 0.717) is 0 Å². The molecule has 0 bridgehead atoms. The number of rotatable bonds is 4. The van der Waals surface area contributed by atoms with Gasteiger partial charge in [-0.15, -0.1) is 0 Å². The summed E-state index contributed by atoms with van der Waals surface area (Å²) in [5, 5.41) is 10.6. The van der Waals surface area contributed by atoms with Gasteiger partial charge in [0.15, 0.2) is 0 Å². The van der Waals surface area contributed by atoms with E-state index in [2.05, 4.69) is 0 Å². The molecule has 0 saturated heterocycles. The van der Waals surface area contributed by atoms with Gasteiger partial charge in [-0.3, -0.25) is 14.9 Å². The molecule has 1 amide bonds. The predicted octanol–water partition coefficient (Wildman–Crippen LogP) is 1.62. The molecule has 16 heavy (non-hydrogen) atoms. The minimum Gasteiger partial charge on any atom is -0.369 e. The molecule has 0 radical (unpaired) electrons. The fourth-order valence-corrected chi connectivity index (χ4v) is 1.12. The van der Waals surface area contributed by atoms with E-state index in [1.165, 1.54) is 18.2 Å². The Bertz CT molecular complexity index is 457. The van der Waals surface area contributed by atoms with E-state index in [9.17, 15) is 19.3 Å². The first kappa shape index (κ1) is 11.8. The first-order valence-corrected chi connectivity index (χ1v) is 4.39. The number of nitro benzene ring substituents is 1. The van der Waals surface area contributed by atoms with Gasteiger partial charge in [-0.05, 0) is 12.1 Å². The normalized spacial score (nSPS) is 10.6. The third-order valence-corrected chi connectivity index (χ3v) is 1.81. The molecule has 0 atom stereocenters. The highest BCUT2D eigenvalue weighted by atomic mass is 19.1. The lowest BCUT2D eigenvalue weighted by atomic mass is 10.1. The van der Waals surface area contributed by atoms with Crippen molar-refractivity contribution in [3.63, 3.8) is 0 Å². The van der Waals surface area contributed by atoms with Crippen LogP contribution in [0.1, 0.15) is 12.0 Å². The summed E-state index contributed by atoms with van der Waals surface area (Å²) in [6.45, 7) is 0. The second-order valence-corrected chi connectivity index (χ2v) is 3.03. The van der Waals surface area contributed by atoms with Gasteiger partial charge in [0.1, 0.15) is 5.82 Å². The maximum absolute atomic E-state index is 12.8. The molecule has 0 unspecified atom stereocenters. The molecule has 0 aliphatic rings. The number of nitrogens with zero attached hydrogens (tertiary/aromatic N) is 1. The summed E-state index contributed by atoms with van der Waals surface area (Å²) in [6.07, 6.45) is 2.74. The van der Waals surface area contributed by atoms with Crippen LogP contribution in [0.5, 0.6) is 0 Å². The molecule has 1 rings (SSSR count). The number of nitro groups is 1. The quantitative estimate of drug-likeness (QED) is 0.622. The van der Waals surface area contributed by atoms with E-state index in [0.717, 1.165) is 12.1 Å². The standard InChI is InChI=1S/C10H9FN2O3/c11-8-5-4-7(2-1-3-10(12)14)9(6-8)13(15)16/h1-2,4-6H,3H2,(H2,12,14). The Hall–Kier alpha value is -2.24. The SMILES string of the molecule is NC(=O)CC=Cc1ccc(F)cc1[N+](=O)[O-]. The van der Waals surface area contributed by atoms with Crippen LogP contribution in [0.2, 0.25) is 0 Å². The van der Waals surface area contributed by atoms with E-state index in [1.807, 2.05) is 0 Å². The zero-order chi connectivity index (χ0) is 12.1. The predicted molar refractivity (Wildman–Crippen MR) is 55.9 cm³/mol. The van der Waals surface area contributed by atoms with Gasteiger partial charge in [-0.25, -0.2) is 4.39 Å². The maximum atomic E-state index is 12.8. The Labute approximate surface area is 90.5 Å². The number of hydrogen-bond acceptors (Lipinski definition) is 3. The van der Waals surface area contributed by atoms with E-state index in [-0.39, 0.29) is 17.7 Å². The summed E-state index contributed by atoms with van der Waals surface area (Å²) in [6, 6.07) is 3.20. The Balaban J connectivity index is 2.99. The van der Waals surface area contributed by atoms with E-state index >= 15 is 0 Å². The van der Waals surface area contributed by atoms with Crippen molar-refractivity contribution in [2.75, 3.05) is 0 Å². The molecular weight excluding hydrogens is 215 g/mol. The third-order valence-electron chi connectivity index (χ3n) is 1.81. The molecule has 0 aromatic heterocycles. The lowest BCUT2D eigenvalue weighted by Crippen LogP contribution is -2.07. The summed E-state index contributed by atoms with van der Waals surface area (Å²) in [5.74, 6) is -1.22. The van der Waals surface area contributed by atoms with Crippen LogP contribution < -0.4 is 5.73 Å². The van der Waals surface area contributed by atoms with Crippen LogP contribution in [0, 0.1) is 15.9 Å². The molecule has 5 nitrogen and oxygen atoms in total. The topological polar surface area (TPSA) is 86.2 Å². The lowest BCUT2D eigenvalue weighted by molar-refractivity contribution is -0.385. The zero-order valence-electron chi connectivity index (χ0n) is 8.22. The highest BCUT2D eigenvalue weighted by Crippen LogP contribution is 2.21. The molecule has 84 valence electrons. The molecule has 1 aromatic rings. The van der Waals surface area contributed by atoms with Gasteiger partial charge in [0.2, 0.25) is 5.91 Å². The van der Waals surface area contributed by atoms with Crippen molar-refractivity contribution in [2.45, 2.75) is 6.42 Å². The van der Waals surface area contributed by atoms with Crippen LogP contribution in [0.4, 0.5) is 10.1 Å².